The van der Waals surface area contributed by atoms with Crippen molar-refractivity contribution in [2.24, 2.45) is 0 Å². The van der Waals surface area contributed by atoms with E-state index in [4.69, 9.17) is 16.9 Å². The van der Waals surface area contributed by atoms with Gasteiger partial charge in [0.25, 0.3) is 5.69 Å². The van der Waals surface area contributed by atoms with Gasteiger partial charge >= 0.3 is 0 Å². The van der Waals surface area contributed by atoms with E-state index in [1.54, 1.807) is 30.3 Å². The molecular formula is C13H7BrClN3O2. The fraction of sp³-hybridized carbons (Fsp3) is 0. The quantitative estimate of drug-likeness (QED) is 0.645. The van der Waals surface area contributed by atoms with Gasteiger partial charge in [0, 0.05) is 21.2 Å². The van der Waals surface area contributed by atoms with Crippen molar-refractivity contribution >= 4 is 44.6 Å². The maximum atomic E-state index is 10.9. The Bertz CT molecular complexity index is 728. The van der Waals surface area contributed by atoms with Crippen LogP contribution in [-0.2, 0) is 0 Å². The van der Waals surface area contributed by atoms with Crippen molar-refractivity contribution in [1.82, 2.24) is 0 Å². The summed E-state index contributed by atoms with van der Waals surface area (Å²) >= 11 is 9.26. The van der Waals surface area contributed by atoms with Crippen LogP contribution in [0.1, 0.15) is 5.56 Å². The smallest absolute Gasteiger partial charge is 0.289 e. The minimum Gasteiger partial charge on any atom is -0.354 e. The number of nitro groups is 1. The summed E-state index contributed by atoms with van der Waals surface area (Å²) in [6, 6.07) is 11.3. The molecule has 7 heteroatoms. The number of nitrogens with one attached hydrogen (secondary N) is 1. The number of benzene rings is 2. The van der Waals surface area contributed by atoms with Crippen molar-refractivity contribution in [2.75, 3.05) is 5.32 Å². The highest BCUT2D eigenvalue weighted by atomic mass is 79.9. The van der Waals surface area contributed by atoms with E-state index in [0.717, 1.165) is 4.47 Å². The van der Waals surface area contributed by atoms with Gasteiger partial charge in [-0.1, -0.05) is 11.6 Å². The fourth-order valence-electron chi connectivity index (χ4n) is 1.60. The maximum absolute atomic E-state index is 10.9. The molecule has 0 aliphatic heterocycles. The van der Waals surface area contributed by atoms with Gasteiger partial charge in [-0.25, -0.2) is 0 Å². The average molecular weight is 353 g/mol. The van der Waals surface area contributed by atoms with E-state index in [2.05, 4.69) is 21.2 Å². The molecule has 2 rings (SSSR count). The largest absolute Gasteiger partial charge is 0.354 e. The van der Waals surface area contributed by atoms with E-state index in [-0.39, 0.29) is 11.3 Å². The summed E-state index contributed by atoms with van der Waals surface area (Å²) in [6.45, 7) is 0. The van der Waals surface area contributed by atoms with Gasteiger partial charge < -0.3 is 5.32 Å². The van der Waals surface area contributed by atoms with Crippen LogP contribution in [0.15, 0.2) is 40.9 Å². The Hall–Kier alpha value is -2.10. The van der Waals surface area contributed by atoms with Crippen LogP contribution in [0.25, 0.3) is 0 Å². The molecule has 0 amide bonds. The molecule has 1 N–H and O–H groups in total. The Morgan fingerprint density at radius 1 is 1.30 bits per heavy atom. The monoisotopic (exact) mass is 351 g/mol. The molecule has 0 aromatic heterocycles. The lowest BCUT2D eigenvalue weighted by Gasteiger charge is -2.09. The second-order valence-corrected chi connectivity index (χ2v) is 5.14. The van der Waals surface area contributed by atoms with Gasteiger partial charge in [-0.05, 0) is 46.3 Å². The Kier molecular flexibility index (Phi) is 4.23. The van der Waals surface area contributed by atoms with Crippen molar-refractivity contribution in [3.8, 4) is 6.07 Å². The first-order valence-corrected chi connectivity index (χ1v) is 6.59. The second-order valence-electron chi connectivity index (χ2n) is 3.85. The van der Waals surface area contributed by atoms with Crippen LogP contribution in [0.2, 0.25) is 5.02 Å². The molecule has 0 heterocycles. The van der Waals surface area contributed by atoms with E-state index in [0.29, 0.717) is 16.4 Å². The standard InChI is InChI=1S/C13H7BrClN3O2/c14-11-4-2-9(15)5-12(11)17-10-3-1-8(7-16)13(6-10)18(19)20/h1-6,17H. The first kappa shape index (κ1) is 14.3. The number of hydrogen-bond donors (Lipinski definition) is 1. The van der Waals surface area contributed by atoms with Gasteiger partial charge in [-0.2, -0.15) is 5.26 Å². The number of halogens is 2. The first-order valence-electron chi connectivity index (χ1n) is 5.42. The van der Waals surface area contributed by atoms with Crippen LogP contribution in [0.3, 0.4) is 0 Å². The molecule has 2 aromatic rings. The molecule has 2 aromatic carbocycles. The number of rotatable bonds is 3. The summed E-state index contributed by atoms with van der Waals surface area (Å²) in [4.78, 5) is 10.3. The van der Waals surface area contributed by atoms with Gasteiger partial charge in [0.05, 0.1) is 10.6 Å². The predicted octanol–water partition coefficient (Wildman–Crippen LogP) is 4.63. The van der Waals surface area contributed by atoms with E-state index >= 15 is 0 Å². The molecule has 0 radical (unpaired) electrons. The molecule has 0 saturated carbocycles. The van der Waals surface area contributed by atoms with Crippen LogP contribution in [0.5, 0.6) is 0 Å². The average Bonchev–Trinajstić information content (AvgIpc) is 2.42. The molecule has 0 saturated heterocycles. The number of nitro benzene ring substituents is 1. The highest BCUT2D eigenvalue weighted by molar-refractivity contribution is 9.10. The normalized spacial score (nSPS) is 9.85. The maximum Gasteiger partial charge on any atom is 0.289 e. The number of anilines is 2. The fourth-order valence-corrected chi connectivity index (χ4v) is 2.12. The van der Waals surface area contributed by atoms with E-state index < -0.39 is 4.92 Å². The minimum atomic E-state index is -0.587. The summed E-state index contributed by atoms with van der Waals surface area (Å²) in [5.41, 5.74) is 0.955. The molecule has 0 aliphatic carbocycles. The molecule has 5 nitrogen and oxygen atoms in total. The molecule has 0 atom stereocenters. The summed E-state index contributed by atoms with van der Waals surface area (Å²) in [5.74, 6) is 0. The molecule has 0 fully saturated rings. The van der Waals surface area contributed by atoms with Crippen LogP contribution in [0.4, 0.5) is 17.1 Å². The third-order valence-corrected chi connectivity index (χ3v) is 3.45. The van der Waals surface area contributed by atoms with Gasteiger partial charge in [0.1, 0.15) is 11.6 Å². The zero-order valence-corrected chi connectivity index (χ0v) is 12.3. The van der Waals surface area contributed by atoms with Gasteiger partial charge in [0.2, 0.25) is 0 Å². The van der Waals surface area contributed by atoms with Crippen LogP contribution in [-0.4, -0.2) is 4.92 Å². The molecule has 0 unspecified atom stereocenters. The van der Waals surface area contributed by atoms with Crippen LogP contribution in [0, 0.1) is 21.4 Å². The summed E-state index contributed by atoms with van der Waals surface area (Å²) in [7, 11) is 0. The molecule has 100 valence electrons. The van der Waals surface area contributed by atoms with Gasteiger partial charge in [0.15, 0.2) is 0 Å². The molecule has 0 aliphatic rings. The Labute approximate surface area is 128 Å². The van der Waals surface area contributed by atoms with E-state index in [9.17, 15) is 10.1 Å². The van der Waals surface area contributed by atoms with Gasteiger partial charge in [-0.15, -0.1) is 0 Å². The van der Waals surface area contributed by atoms with Gasteiger partial charge in [-0.3, -0.25) is 10.1 Å². The van der Waals surface area contributed by atoms with Crippen LogP contribution < -0.4 is 5.32 Å². The molecular weight excluding hydrogens is 346 g/mol. The highest BCUT2D eigenvalue weighted by Gasteiger charge is 2.14. The zero-order valence-electron chi connectivity index (χ0n) is 9.93. The van der Waals surface area contributed by atoms with Crippen molar-refractivity contribution in [3.05, 3.63) is 61.6 Å². The number of hydrogen-bond acceptors (Lipinski definition) is 4. The Balaban J connectivity index is 2.40. The lowest BCUT2D eigenvalue weighted by atomic mass is 10.1. The Morgan fingerprint density at radius 3 is 2.70 bits per heavy atom. The Morgan fingerprint density at radius 2 is 2.05 bits per heavy atom. The first-order chi connectivity index (χ1) is 9.51. The summed E-state index contributed by atoms with van der Waals surface area (Å²) in [6.07, 6.45) is 0. The molecule has 20 heavy (non-hydrogen) atoms. The molecule has 0 spiro atoms. The lowest BCUT2D eigenvalue weighted by Crippen LogP contribution is -1.96. The summed E-state index contributed by atoms with van der Waals surface area (Å²) < 4.78 is 0.772. The highest BCUT2D eigenvalue weighted by Crippen LogP contribution is 2.30. The van der Waals surface area contributed by atoms with E-state index in [1.165, 1.54) is 12.1 Å². The molecule has 0 bridgehead atoms. The zero-order chi connectivity index (χ0) is 14.7. The minimum absolute atomic E-state index is 0.0192. The summed E-state index contributed by atoms with van der Waals surface area (Å²) in [5, 5.41) is 23.3. The second kappa shape index (κ2) is 5.90. The topological polar surface area (TPSA) is 79.0 Å². The van der Waals surface area contributed by atoms with Crippen molar-refractivity contribution < 1.29 is 4.92 Å². The number of nitriles is 1. The van der Waals surface area contributed by atoms with Crippen LogP contribution >= 0.6 is 27.5 Å². The van der Waals surface area contributed by atoms with Crippen molar-refractivity contribution in [1.29, 1.82) is 5.26 Å². The van der Waals surface area contributed by atoms with Crippen molar-refractivity contribution in [3.63, 3.8) is 0 Å². The third kappa shape index (κ3) is 3.07. The SMILES string of the molecule is N#Cc1ccc(Nc2cc(Cl)ccc2Br)cc1[N+](=O)[O-]. The lowest BCUT2D eigenvalue weighted by molar-refractivity contribution is -0.385. The van der Waals surface area contributed by atoms with E-state index in [1.807, 2.05) is 0 Å². The predicted molar refractivity (Wildman–Crippen MR) is 80.2 cm³/mol. The number of nitrogens with zero attached hydrogens (tertiary/aromatic N) is 2. The van der Waals surface area contributed by atoms with Crippen molar-refractivity contribution in [2.45, 2.75) is 0 Å². The third-order valence-electron chi connectivity index (χ3n) is 2.52.